The predicted molar refractivity (Wildman–Crippen MR) is 131 cm³/mol. The molecule has 0 spiro atoms. The van der Waals surface area contributed by atoms with Gasteiger partial charge >= 0.3 is 12.1 Å². The van der Waals surface area contributed by atoms with Gasteiger partial charge in [-0.05, 0) is 22.8 Å². The third kappa shape index (κ3) is 7.74. The second kappa shape index (κ2) is 12.6. The summed E-state index contributed by atoms with van der Waals surface area (Å²) < 4.78 is 6.01. The van der Waals surface area contributed by atoms with Crippen molar-refractivity contribution in [2.24, 2.45) is 0 Å². The molecule has 176 valence electrons. The predicted octanol–water partition coefficient (Wildman–Crippen LogP) is 4.10. The highest BCUT2D eigenvalue weighted by atomic mass is 79.9. The largest absolute Gasteiger partial charge is 0.480 e. The molecule has 3 rings (SSSR count). The Morgan fingerprint density at radius 1 is 0.765 bits per heavy atom. The summed E-state index contributed by atoms with van der Waals surface area (Å²) in [6.45, 7) is 0.0478. The van der Waals surface area contributed by atoms with Crippen LogP contribution in [0.2, 0.25) is 0 Å². The number of carbonyl (C=O) groups is 3. The van der Waals surface area contributed by atoms with Crippen molar-refractivity contribution >= 4 is 33.9 Å². The smallest absolute Gasteiger partial charge is 0.408 e. The number of carboxylic acids is 1. The van der Waals surface area contributed by atoms with Crippen molar-refractivity contribution < 1.29 is 24.2 Å². The van der Waals surface area contributed by atoms with E-state index in [4.69, 9.17) is 4.74 Å². The van der Waals surface area contributed by atoms with Crippen LogP contribution in [-0.4, -0.2) is 35.2 Å². The highest BCUT2D eigenvalue weighted by Crippen LogP contribution is 2.18. The first-order valence-corrected chi connectivity index (χ1v) is 11.5. The highest BCUT2D eigenvalue weighted by molar-refractivity contribution is 9.10. The molecule has 3 aromatic rings. The van der Waals surface area contributed by atoms with Gasteiger partial charge in [-0.2, -0.15) is 0 Å². The van der Waals surface area contributed by atoms with E-state index in [0.717, 1.165) is 21.2 Å². The van der Waals surface area contributed by atoms with Crippen LogP contribution in [0.25, 0.3) is 0 Å². The van der Waals surface area contributed by atoms with Gasteiger partial charge in [0.25, 0.3) is 0 Å². The van der Waals surface area contributed by atoms with E-state index in [0.29, 0.717) is 0 Å². The van der Waals surface area contributed by atoms with Gasteiger partial charge in [-0.15, -0.1) is 0 Å². The number of benzene rings is 3. The van der Waals surface area contributed by atoms with Crippen molar-refractivity contribution in [3.63, 3.8) is 0 Å². The van der Waals surface area contributed by atoms with E-state index in [-0.39, 0.29) is 19.4 Å². The molecule has 0 saturated heterocycles. The van der Waals surface area contributed by atoms with Gasteiger partial charge in [-0.1, -0.05) is 94.8 Å². The normalized spacial score (nSPS) is 12.3. The fraction of sp³-hybridized carbons (Fsp3) is 0.192. The van der Waals surface area contributed by atoms with Gasteiger partial charge in [-0.25, -0.2) is 9.59 Å². The van der Waals surface area contributed by atoms with Crippen LogP contribution < -0.4 is 10.6 Å². The van der Waals surface area contributed by atoms with Gasteiger partial charge in [0.2, 0.25) is 5.91 Å². The van der Waals surface area contributed by atoms with Gasteiger partial charge in [-0.3, -0.25) is 4.79 Å². The zero-order valence-corrected chi connectivity index (χ0v) is 19.9. The molecule has 0 aliphatic carbocycles. The van der Waals surface area contributed by atoms with Crippen molar-refractivity contribution in [3.05, 3.63) is 106 Å². The Labute approximate surface area is 206 Å². The molecular formula is C26H25BrN2O5. The Morgan fingerprint density at radius 3 is 1.97 bits per heavy atom. The lowest BCUT2D eigenvalue weighted by Crippen LogP contribution is -2.53. The average molecular weight is 525 g/mol. The molecule has 0 aliphatic rings. The standard InChI is InChI=1S/C26H25BrN2O5/c27-21-14-8-7-13-20(21)16-23(25(31)32)28-24(30)22(15-18-9-3-1-4-10-18)29-26(33)34-17-19-11-5-2-6-12-19/h1-14,22-23H,15-17H2,(H,28,30)(H,29,33)(H,31,32)/t22-,23+/m1/s1. The van der Waals surface area contributed by atoms with E-state index in [9.17, 15) is 19.5 Å². The molecule has 0 bridgehead atoms. The number of rotatable bonds is 10. The molecule has 2 atom stereocenters. The summed E-state index contributed by atoms with van der Waals surface area (Å²) in [6, 6.07) is 23.3. The average Bonchev–Trinajstić information content (AvgIpc) is 2.84. The molecule has 3 N–H and O–H groups in total. The van der Waals surface area contributed by atoms with E-state index in [1.54, 1.807) is 18.2 Å². The summed E-state index contributed by atoms with van der Waals surface area (Å²) in [5.41, 5.74) is 2.36. The summed E-state index contributed by atoms with van der Waals surface area (Å²) in [4.78, 5) is 37.4. The van der Waals surface area contributed by atoms with Crippen LogP contribution in [-0.2, 0) is 33.8 Å². The monoisotopic (exact) mass is 524 g/mol. The molecule has 7 nitrogen and oxygen atoms in total. The zero-order valence-electron chi connectivity index (χ0n) is 18.3. The third-order valence-corrected chi connectivity index (χ3v) is 5.87. The number of hydrogen-bond donors (Lipinski definition) is 3. The lowest BCUT2D eigenvalue weighted by Gasteiger charge is -2.22. The second-order valence-electron chi connectivity index (χ2n) is 7.64. The molecule has 3 aromatic carbocycles. The first-order valence-electron chi connectivity index (χ1n) is 10.7. The van der Waals surface area contributed by atoms with Crippen molar-refractivity contribution in [2.75, 3.05) is 0 Å². The van der Waals surface area contributed by atoms with Crippen molar-refractivity contribution in [1.29, 1.82) is 0 Å². The van der Waals surface area contributed by atoms with Crippen LogP contribution in [0.15, 0.2) is 89.4 Å². The molecule has 2 amide bonds. The highest BCUT2D eigenvalue weighted by Gasteiger charge is 2.28. The van der Waals surface area contributed by atoms with Crippen molar-refractivity contribution in [3.8, 4) is 0 Å². The van der Waals surface area contributed by atoms with E-state index in [1.807, 2.05) is 66.7 Å². The lowest BCUT2D eigenvalue weighted by atomic mass is 10.0. The van der Waals surface area contributed by atoms with E-state index < -0.39 is 30.1 Å². The second-order valence-corrected chi connectivity index (χ2v) is 8.50. The van der Waals surface area contributed by atoms with Crippen LogP contribution >= 0.6 is 15.9 Å². The number of amides is 2. The first-order chi connectivity index (χ1) is 16.4. The maximum atomic E-state index is 13.1. The number of ether oxygens (including phenoxy) is 1. The minimum Gasteiger partial charge on any atom is -0.480 e. The Kier molecular flexibility index (Phi) is 9.22. The summed E-state index contributed by atoms with van der Waals surface area (Å²) >= 11 is 3.40. The summed E-state index contributed by atoms with van der Waals surface area (Å²) in [7, 11) is 0. The van der Waals surface area contributed by atoms with E-state index in [2.05, 4.69) is 26.6 Å². The molecule has 0 radical (unpaired) electrons. The molecule has 34 heavy (non-hydrogen) atoms. The molecule has 0 heterocycles. The van der Waals surface area contributed by atoms with Crippen molar-refractivity contribution in [2.45, 2.75) is 31.5 Å². The zero-order chi connectivity index (χ0) is 24.3. The maximum Gasteiger partial charge on any atom is 0.408 e. The number of halogens is 1. The van der Waals surface area contributed by atoms with Gasteiger partial charge in [0, 0.05) is 17.3 Å². The molecule has 0 unspecified atom stereocenters. The maximum absolute atomic E-state index is 13.1. The minimum atomic E-state index is -1.17. The Morgan fingerprint density at radius 2 is 1.35 bits per heavy atom. The number of nitrogens with one attached hydrogen (secondary N) is 2. The van der Waals surface area contributed by atoms with E-state index >= 15 is 0 Å². The SMILES string of the molecule is O=C(N[C@H](Cc1ccccc1)C(=O)N[C@@H](Cc1ccccc1Br)C(=O)O)OCc1ccccc1. The molecule has 0 aliphatic heterocycles. The minimum absolute atomic E-state index is 0.0478. The molecule has 8 heteroatoms. The molecular weight excluding hydrogens is 500 g/mol. The number of alkyl carbamates (subject to hydrolysis) is 1. The van der Waals surface area contributed by atoms with Crippen molar-refractivity contribution in [1.82, 2.24) is 10.6 Å². The fourth-order valence-corrected chi connectivity index (χ4v) is 3.77. The summed E-state index contributed by atoms with van der Waals surface area (Å²) in [5.74, 6) is -1.78. The van der Waals surface area contributed by atoms with Gasteiger partial charge in [0.15, 0.2) is 0 Å². The van der Waals surface area contributed by atoms with Crippen LogP contribution in [0.3, 0.4) is 0 Å². The quantitative estimate of drug-likeness (QED) is 0.370. The van der Waals surface area contributed by atoms with Gasteiger partial charge in [0.1, 0.15) is 18.7 Å². The van der Waals surface area contributed by atoms with Gasteiger partial charge in [0.05, 0.1) is 0 Å². The first kappa shape index (κ1) is 25.0. The summed E-state index contributed by atoms with van der Waals surface area (Å²) in [5, 5.41) is 14.8. The van der Waals surface area contributed by atoms with Crippen LogP contribution in [0, 0.1) is 0 Å². The number of hydrogen-bond acceptors (Lipinski definition) is 4. The molecule has 0 saturated carbocycles. The fourth-order valence-electron chi connectivity index (χ4n) is 3.32. The Hall–Kier alpha value is -3.65. The summed E-state index contributed by atoms with van der Waals surface area (Å²) in [6.07, 6.45) is -0.509. The molecule has 0 aromatic heterocycles. The van der Waals surface area contributed by atoms with E-state index in [1.165, 1.54) is 0 Å². The number of aliphatic carboxylic acids is 1. The topological polar surface area (TPSA) is 105 Å². The number of carbonyl (C=O) groups excluding carboxylic acids is 2. The third-order valence-electron chi connectivity index (χ3n) is 5.10. The van der Waals surface area contributed by atoms with Crippen LogP contribution in [0.1, 0.15) is 16.7 Å². The molecule has 0 fully saturated rings. The van der Waals surface area contributed by atoms with Gasteiger partial charge < -0.3 is 20.5 Å². The lowest BCUT2D eigenvalue weighted by molar-refractivity contribution is -0.142. The Balaban J connectivity index is 1.70. The van der Waals surface area contributed by atoms with Crippen LogP contribution in [0.4, 0.5) is 4.79 Å². The Bertz CT molecular complexity index is 1110. The number of carboxylic acid groups (broad SMARTS) is 1. The van der Waals surface area contributed by atoms with Crippen LogP contribution in [0.5, 0.6) is 0 Å².